The zero-order valence-corrected chi connectivity index (χ0v) is 12.6. The van der Waals surface area contributed by atoms with Gasteiger partial charge < -0.3 is 14.8 Å². The maximum absolute atomic E-state index is 12.1. The Bertz CT molecular complexity index is 512. The van der Waals surface area contributed by atoms with Crippen molar-refractivity contribution in [2.24, 2.45) is 5.92 Å². The van der Waals surface area contributed by atoms with Gasteiger partial charge in [-0.15, -0.1) is 0 Å². The molecule has 2 rings (SSSR count). The number of methoxy groups -OCH3 is 2. The quantitative estimate of drug-likeness (QED) is 0.813. The molecule has 1 fully saturated rings. The van der Waals surface area contributed by atoms with Crippen molar-refractivity contribution in [3.05, 3.63) is 29.8 Å². The molecule has 0 radical (unpaired) electrons. The Labute approximate surface area is 124 Å². The van der Waals surface area contributed by atoms with E-state index >= 15 is 0 Å². The summed E-state index contributed by atoms with van der Waals surface area (Å²) in [5.74, 6) is 0.768. The van der Waals surface area contributed by atoms with Gasteiger partial charge in [-0.1, -0.05) is 12.1 Å². The molecular weight excluding hydrogens is 270 g/mol. The molecule has 1 aliphatic rings. The van der Waals surface area contributed by atoms with Crippen molar-refractivity contribution in [1.82, 2.24) is 5.32 Å². The average Bonchev–Trinajstić information content (AvgIpc) is 3.27. The van der Waals surface area contributed by atoms with E-state index in [0.717, 1.165) is 17.7 Å². The van der Waals surface area contributed by atoms with Gasteiger partial charge in [-0.3, -0.25) is 9.59 Å². The second kappa shape index (κ2) is 6.61. The van der Waals surface area contributed by atoms with Crippen LogP contribution >= 0.6 is 0 Å². The van der Waals surface area contributed by atoms with E-state index in [1.54, 1.807) is 14.0 Å². The van der Waals surface area contributed by atoms with E-state index in [0.29, 0.717) is 0 Å². The first-order chi connectivity index (χ1) is 10.0. The SMILES string of the molecule is COC(=O)C[C@H](C)NC(=O)[C@H]1C[C@H]1c1ccc(OC)cc1. The lowest BCUT2D eigenvalue weighted by Gasteiger charge is -2.12. The molecule has 0 unspecified atom stereocenters. The molecule has 1 aromatic rings. The normalized spacial score (nSPS) is 21.3. The summed E-state index contributed by atoms with van der Waals surface area (Å²) in [7, 11) is 2.97. The van der Waals surface area contributed by atoms with Crippen LogP contribution in [0, 0.1) is 5.92 Å². The van der Waals surface area contributed by atoms with Crippen molar-refractivity contribution < 1.29 is 19.1 Å². The van der Waals surface area contributed by atoms with Gasteiger partial charge in [0.1, 0.15) is 5.75 Å². The lowest BCUT2D eigenvalue weighted by molar-refractivity contribution is -0.141. The van der Waals surface area contributed by atoms with Crippen LogP contribution in [0.4, 0.5) is 0 Å². The largest absolute Gasteiger partial charge is 0.497 e. The van der Waals surface area contributed by atoms with Crippen LogP contribution in [0.1, 0.15) is 31.2 Å². The molecule has 1 N–H and O–H groups in total. The highest BCUT2D eigenvalue weighted by atomic mass is 16.5. The summed E-state index contributed by atoms with van der Waals surface area (Å²) < 4.78 is 9.71. The molecule has 114 valence electrons. The van der Waals surface area contributed by atoms with Gasteiger partial charge in [0, 0.05) is 12.0 Å². The number of carbonyl (C=O) groups excluding carboxylic acids is 2. The van der Waals surface area contributed by atoms with Crippen molar-refractivity contribution in [2.75, 3.05) is 14.2 Å². The zero-order chi connectivity index (χ0) is 15.4. The third kappa shape index (κ3) is 3.97. The van der Waals surface area contributed by atoms with Crippen LogP contribution in [0.3, 0.4) is 0 Å². The van der Waals surface area contributed by atoms with E-state index in [2.05, 4.69) is 10.1 Å². The Morgan fingerprint density at radius 2 is 1.95 bits per heavy atom. The minimum atomic E-state index is -0.315. The number of amides is 1. The Morgan fingerprint density at radius 1 is 1.29 bits per heavy atom. The third-order valence-corrected chi connectivity index (χ3v) is 3.76. The van der Waals surface area contributed by atoms with Gasteiger partial charge in [-0.25, -0.2) is 0 Å². The maximum atomic E-state index is 12.1. The Hall–Kier alpha value is -2.04. The van der Waals surface area contributed by atoms with Crippen molar-refractivity contribution in [3.8, 4) is 5.75 Å². The van der Waals surface area contributed by atoms with Crippen molar-refractivity contribution in [1.29, 1.82) is 0 Å². The van der Waals surface area contributed by atoms with Crippen LogP contribution in [0.25, 0.3) is 0 Å². The maximum Gasteiger partial charge on any atom is 0.307 e. The summed E-state index contributed by atoms with van der Waals surface area (Å²) in [6.45, 7) is 1.81. The van der Waals surface area contributed by atoms with Crippen molar-refractivity contribution in [3.63, 3.8) is 0 Å². The average molecular weight is 291 g/mol. The van der Waals surface area contributed by atoms with Crippen LogP contribution in [-0.4, -0.2) is 32.1 Å². The summed E-state index contributed by atoms with van der Waals surface area (Å²) >= 11 is 0. The van der Waals surface area contributed by atoms with E-state index in [9.17, 15) is 9.59 Å². The van der Waals surface area contributed by atoms with E-state index in [1.165, 1.54) is 7.11 Å². The first-order valence-corrected chi connectivity index (χ1v) is 7.06. The zero-order valence-electron chi connectivity index (χ0n) is 12.6. The van der Waals surface area contributed by atoms with Gasteiger partial charge in [0.15, 0.2) is 0 Å². The van der Waals surface area contributed by atoms with Crippen molar-refractivity contribution >= 4 is 11.9 Å². The van der Waals surface area contributed by atoms with Gasteiger partial charge in [-0.05, 0) is 37.0 Å². The van der Waals surface area contributed by atoms with Crippen LogP contribution in [0.15, 0.2) is 24.3 Å². The molecule has 5 heteroatoms. The molecule has 3 atom stereocenters. The Morgan fingerprint density at radius 3 is 2.52 bits per heavy atom. The van der Waals surface area contributed by atoms with Gasteiger partial charge in [0.25, 0.3) is 0 Å². The van der Waals surface area contributed by atoms with E-state index in [-0.39, 0.29) is 36.2 Å². The summed E-state index contributed by atoms with van der Waals surface area (Å²) in [6, 6.07) is 7.59. The number of benzene rings is 1. The molecule has 0 aliphatic heterocycles. The predicted molar refractivity (Wildman–Crippen MR) is 78.1 cm³/mol. The fourth-order valence-corrected chi connectivity index (χ4v) is 2.44. The molecule has 1 aliphatic carbocycles. The minimum absolute atomic E-state index is 0.00140. The number of carbonyl (C=O) groups is 2. The highest BCUT2D eigenvalue weighted by molar-refractivity contribution is 5.83. The number of esters is 1. The monoisotopic (exact) mass is 291 g/mol. The minimum Gasteiger partial charge on any atom is -0.497 e. The fourth-order valence-electron chi connectivity index (χ4n) is 2.44. The molecule has 0 spiro atoms. The van der Waals surface area contributed by atoms with Gasteiger partial charge in [0.2, 0.25) is 5.91 Å². The van der Waals surface area contributed by atoms with Crippen LogP contribution < -0.4 is 10.1 Å². The lowest BCUT2D eigenvalue weighted by atomic mass is 10.1. The molecule has 1 aromatic carbocycles. The Balaban J connectivity index is 1.84. The second-order valence-electron chi connectivity index (χ2n) is 5.41. The summed E-state index contributed by atoms with van der Waals surface area (Å²) in [5, 5.41) is 2.86. The second-order valence-corrected chi connectivity index (χ2v) is 5.41. The number of ether oxygens (including phenoxy) is 2. The third-order valence-electron chi connectivity index (χ3n) is 3.76. The molecule has 0 aromatic heterocycles. The lowest BCUT2D eigenvalue weighted by Crippen LogP contribution is -2.35. The van der Waals surface area contributed by atoms with E-state index in [4.69, 9.17) is 4.74 Å². The molecule has 21 heavy (non-hydrogen) atoms. The molecular formula is C16H21NO4. The number of hydrogen-bond acceptors (Lipinski definition) is 4. The van der Waals surface area contributed by atoms with Crippen molar-refractivity contribution in [2.45, 2.75) is 31.7 Å². The van der Waals surface area contributed by atoms with Gasteiger partial charge >= 0.3 is 5.97 Å². The van der Waals surface area contributed by atoms with Gasteiger partial charge in [0.05, 0.1) is 20.6 Å². The number of hydrogen-bond donors (Lipinski definition) is 1. The number of rotatable bonds is 6. The summed E-state index contributed by atoms with van der Waals surface area (Å²) in [5.41, 5.74) is 1.15. The fraction of sp³-hybridized carbons (Fsp3) is 0.500. The highest BCUT2D eigenvalue weighted by Gasteiger charge is 2.44. The first-order valence-electron chi connectivity index (χ1n) is 7.06. The first kappa shape index (κ1) is 15.4. The standard InChI is InChI=1S/C16H21NO4/c1-10(8-15(18)21-3)17-16(19)14-9-13(14)11-4-6-12(20-2)7-5-11/h4-7,10,13-14H,8-9H2,1-3H3,(H,17,19)/t10-,13-,14-/m0/s1. The molecule has 0 bridgehead atoms. The topological polar surface area (TPSA) is 64.6 Å². The molecule has 5 nitrogen and oxygen atoms in total. The van der Waals surface area contributed by atoms with E-state index in [1.807, 2.05) is 24.3 Å². The molecule has 1 saturated carbocycles. The molecule has 1 amide bonds. The van der Waals surface area contributed by atoms with Crippen LogP contribution in [0.2, 0.25) is 0 Å². The number of nitrogens with one attached hydrogen (secondary N) is 1. The molecule has 0 saturated heterocycles. The molecule has 0 heterocycles. The smallest absolute Gasteiger partial charge is 0.307 e. The summed E-state index contributed by atoms with van der Waals surface area (Å²) in [6.07, 6.45) is 1.05. The van der Waals surface area contributed by atoms with Crippen LogP contribution in [0.5, 0.6) is 5.75 Å². The van der Waals surface area contributed by atoms with E-state index < -0.39 is 0 Å². The van der Waals surface area contributed by atoms with Crippen LogP contribution in [-0.2, 0) is 14.3 Å². The Kier molecular flexibility index (Phi) is 4.83. The van der Waals surface area contributed by atoms with Gasteiger partial charge in [-0.2, -0.15) is 0 Å². The predicted octanol–water partition coefficient (Wildman–Crippen LogP) is 1.87. The highest BCUT2D eigenvalue weighted by Crippen LogP contribution is 2.47. The summed E-state index contributed by atoms with van der Waals surface area (Å²) in [4.78, 5) is 23.3.